The molecular weight excluding hydrogens is 166 g/mol. The second-order valence-electron chi connectivity index (χ2n) is 2.76. The quantitative estimate of drug-likeness (QED) is 0.686. The summed E-state index contributed by atoms with van der Waals surface area (Å²) in [5, 5.41) is 0. The zero-order valence-electron chi connectivity index (χ0n) is 7.81. The highest BCUT2D eigenvalue weighted by Crippen LogP contribution is 2.10. The molecule has 1 heterocycles. The van der Waals surface area contributed by atoms with E-state index in [0.717, 1.165) is 18.6 Å². The predicted molar refractivity (Wildman–Crippen MR) is 50.1 cm³/mol. The van der Waals surface area contributed by atoms with Gasteiger partial charge in [-0.2, -0.15) is 0 Å². The Bertz CT molecular complexity index is 228. The summed E-state index contributed by atoms with van der Waals surface area (Å²) >= 11 is 0. The minimum absolute atomic E-state index is 0.0206. The van der Waals surface area contributed by atoms with Gasteiger partial charge >= 0.3 is 0 Å². The third kappa shape index (κ3) is 3.48. The van der Waals surface area contributed by atoms with E-state index in [-0.39, 0.29) is 6.04 Å². The molecule has 72 valence electrons. The molecule has 0 aliphatic rings. The molecular formula is C9H15N3O. The normalized spacial score (nSPS) is 12.8. The van der Waals surface area contributed by atoms with Crippen molar-refractivity contribution in [1.29, 1.82) is 0 Å². The van der Waals surface area contributed by atoms with Crippen LogP contribution in [0.25, 0.3) is 0 Å². The topological polar surface area (TPSA) is 61.0 Å². The molecule has 4 heteroatoms. The molecule has 1 aromatic heterocycles. The molecule has 2 N–H and O–H groups in total. The fourth-order valence-corrected chi connectivity index (χ4v) is 1.02. The molecule has 0 saturated carbocycles. The molecule has 0 bridgehead atoms. The van der Waals surface area contributed by atoms with Crippen LogP contribution in [-0.4, -0.2) is 23.2 Å². The maximum atomic E-state index is 5.88. The second-order valence-corrected chi connectivity index (χ2v) is 2.76. The Balaban J connectivity index is 2.35. The Morgan fingerprint density at radius 1 is 1.46 bits per heavy atom. The second kappa shape index (κ2) is 5.61. The first-order chi connectivity index (χ1) is 6.34. The fourth-order valence-electron chi connectivity index (χ4n) is 1.02. The average Bonchev–Trinajstić information content (AvgIpc) is 2.19. The highest BCUT2D eigenvalue weighted by atomic mass is 16.5. The van der Waals surface area contributed by atoms with Gasteiger partial charge in [0.2, 0.25) is 0 Å². The average molecular weight is 181 g/mol. The van der Waals surface area contributed by atoms with Crippen molar-refractivity contribution in [3.8, 4) is 0 Å². The van der Waals surface area contributed by atoms with Gasteiger partial charge < -0.3 is 10.5 Å². The molecule has 4 nitrogen and oxygen atoms in total. The molecule has 0 radical (unpaired) electrons. The highest BCUT2D eigenvalue weighted by Gasteiger charge is 2.05. The van der Waals surface area contributed by atoms with Crippen LogP contribution in [-0.2, 0) is 4.74 Å². The number of ether oxygens (including phenoxy) is 1. The maximum Gasteiger partial charge on any atom is 0.115 e. The molecule has 0 aliphatic carbocycles. The fraction of sp³-hybridized carbons (Fsp3) is 0.556. The minimum atomic E-state index is -0.0206. The van der Waals surface area contributed by atoms with Crippen LogP contribution < -0.4 is 5.73 Å². The van der Waals surface area contributed by atoms with E-state index in [4.69, 9.17) is 10.5 Å². The van der Waals surface area contributed by atoms with Crippen LogP contribution in [0.5, 0.6) is 0 Å². The molecule has 1 atom stereocenters. The molecule has 1 unspecified atom stereocenters. The van der Waals surface area contributed by atoms with E-state index in [9.17, 15) is 0 Å². The third-order valence-electron chi connectivity index (χ3n) is 1.79. The van der Waals surface area contributed by atoms with Crippen molar-refractivity contribution in [2.45, 2.75) is 19.4 Å². The van der Waals surface area contributed by atoms with Crippen LogP contribution in [0.4, 0.5) is 0 Å². The Hall–Kier alpha value is -1.00. The summed E-state index contributed by atoms with van der Waals surface area (Å²) in [6.45, 7) is 3.39. The number of aromatic nitrogens is 2. The van der Waals surface area contributed by atoms with Gasteiger partial charge in [0.05, 0.1) is 0 Å². The van der Waals surface area contributed by atoms with Crippen LogP contribution in [0.2, 0.25) is 0 Å². The molecule has 0 fully saturated rings. The van der Waals surface area contributed by atoms with Crippen molar-refractivity contribution in [3.63, 3.8) is 0 Å². The smallest absolute Gasteiger partial charge is 0.115 e. The first-order valence-corrected chi connectivity index (χ1v) is 4.42. The van der Waals surface area contributed by atoms with Crippen LogP contribution in [0.3, 0.4) is 0 Å². The lowest BCUT2D eigenvalue weighted by Crippen LogP contribution is -2.13. The van der Waals surface area contributed by atoms with Crippen LogP contribution in [0, 0.1) is 0 Å². The van der Waals surface area contributed by atoms with Gasteiger partial charge in [-0.25, -0.2) is 9.97 Å². The van der Waals surface area contributed by atoms with Gasteiger partial charge in [-0.15, -0.1) is 0 Å². The van der Waals surface area contributed by atoms with Crippen molar-refractivity contribution >= 4 is 0 Å². The molecule has 13 heavy (non-hydrogen) atoms. The summed E-state index contributed by atoms with van der Waals surface area (Å²) in [6, 6.07) is -0.0206. The van der Waals surface area contributed by atoms with E-state index >= 15 is 0 Å². The standard InChI is InChI=1S/C9H15N3O/c1-2-13-4-3-9(10)8-5-11-7-12-6-8/h5-7,9H,2-4,10H2,1H3. The lowest BCUT2D eigenvalue weighted by molar-refractivity contribution is 0.140. The zero-order chi connectivity index (χ0) is 9.52. The largest absolute Gasteiger partial charge is 0.382 e. The number of hydrogen-bond acceptors (Lipinski definition) is 4. The lowest BCUT2D eigenvalue weighted by atomic mass is 10.1. The molecule has 0 spiro atoms. The summed E-state index contributed by atoms with van der Waals surface area (Å²) in [4.78, 5) is 7.80. The SMILES string of the molecule is CCOCCC(N)c1cncnc1. The third-order valence-corrected chi connectivity index (χ3v) is 1.79. The van der Waals surface area contributed by atoms with Crippen molar-refractivity contribution in [3.05, 3.63) is 24.3 Å². The minimum Gasteiger partial charge on any atom is -0.382 e. The van der Waals surface area contributed by atoms with Crippen LogP contribution in [0.1, 0.15) is 24.9 Å². The van der Waals surface area contributed by atoms with E-state index in [1.807, 2.05) is 6.92 Å². The summed E-state index contributed by atoms with van der Waals surface area (Å²) < 4.78 is 5.20. The first kappa shape index (κ1) is 10.1. The first-order valence-electron chi connectivity index (χ1n) is 4.42. The van der Waals surface area contributed by atoms with E-state index in [2.05, 4.69) is 9.97 Å². The molecule has 1 aromatic rings. The number of hydrogen-bond donors (Lipinski definition) is 1. The summed E-state index contributed by atoms with van der Waals surface area (Å²) in [5.74, 6) is 0. The van der Waals surface area contributed by atoms with Gasteiger partial charge in [-0.3, -0.25) is 0 Å². The molecule has 0 aromatic carbocycles. The van der Waals surface area contributed by atoms with E-state index in [0.29, 0.717) is 6.61 Å². The number of rotatable bonds is 5. The van der Waals surface area contributed by atoms with Gasteiger partial charge in [0.15, 0.2) is 0 Å². The Morgan fingerprint density at radius 3 is 2.77 bits per heavy atom. The molecule has 1 rings (SSSR count). The number of nitrogens with two attached hydrogens (primary N) is 1. The Labute approximate surface area is 78.1 Å². The van der Waals surface area contributed by atoms with Crippen molar-refractivity contribution in [1.82, 2.24) is 9.97 Å². The van der Waals surface area contributed by atoms with Gasteiger partial charge in [-0.1, -0.05) is 0 Å². The van der Waals surface area contributed by atoms with Gasteiger partial charge in [0.25, 0.3) is 0 Å². The summed E-state index contributed by atoms with van der Waals surface area (Å²) in [5.41, 5.74) is 6.84. The van der Waals surface area contributed by atoms with Crippen LogP contribution >= 0.6 is 0 Å². The lowest BCUT2D eigenvalue weighted by Gasteiger charge is -2.10. The van der Waals surface area contributed by atoms with Gasteiger partial charge in [0.1, 0.15) is 6.33 Å². The molecule has 0 saturated heterocycles. The van der Waals surface area contributed by atoms with E-state index in [1.165, 1.54) is 6.33 Å². The molecule has 0 amide bonds. The van der Waals surface area contributed by atoms with Gasteiger partial charge in [-0.05, 0) is 13.3 Å². The maximum absolute atomic E-state index is 5.88. The van der Waals surface area contributed by atoms with Crippen molar-refractivity contribution in [2.75, 3.05) is 13.2 Å². The Kier molecular flexibility index (Phi) is 4.35. The van der Waals surface area contributed by atoms with Crippen molar-refractivity contribution in [2.24, 2.45) is 5.73 Å². The van der Waals surface area contributed by atoms with Crippen molar-refractivity contribution < 1.29 is 4.74 Å². The van der Waals surface area contributed by atoms with Gasteiger partial charge in [0, 0.05) is 37.2 Å². The zero-order valence-corrected chi connectivity index (χ0v) is 7.81. The van der Waals surface area contributed by atoms with E-state index < -0.39 is 0 Å². The highest BCUT2D eigenvalue weighted by molar-refractivity contribution is 5.07. The van der Waals surface area contributed by atoms with Crippen LogP contribution in [0.15, 0.2) is 18.7 Å². The van der Waals surface area contributed by atoms with E-state index in [1.54, 1.807) is 12.4 Å². The Morgan fingerprint density at radius 2 is 2.15 bits per heavy atom. The number of nitrogens with zero attached hydrogens (tertiary/aromatic N) is 2. The monoisotopic (exact) mass is 181 g/mol. The summed E-state index contributed by atoms with van der Waals surface area (Å²) in [6.07, 6.45) is 5.78. The predicted octanol–water partition coefficient (Wildman–Crippen LogP) is 0.903. The molecule has 0 aliphatic heterocycles. The summed E-state index contributed by atoms with van der Waals surface area (Å²) in [7, 11) is 0.